The van der Waals surface area contributed by atoms with Crippen LogP contribution in [0.2, 0.25) is 0 Å². The van der Waals surface area contributed by atoms with Crippen LogP contribution in [0.25, 0.3) is 0 Å². The summed E-state index contributed by atoms with van der Waals surface area (Å²) >= 11 is 0. The number of guanidine groups is 1. The van der Waals surface area contributed by atoms with Crippen molar-refractivity contribution in [3.8, 4) is 0 Å². The zero-order chi connectivity index (χ0) is 18.1. The molecular formula is C19H26IN3O2S. The number of halogens is 1. The molecular weight excluding hydrogens is 461 g/mol. The minimum Gasteiger partial charge on any atom is -0.356 e. The van der Waals surface area contributed by atoms with Crippen LogP contribution in [-0.2, 0) is 16.4 Å². The zero-order valence-corrected chi connectivity index (χ0v) is 18.3. The predicted octanol–water partition coefficient (Wildman–Crippen LogP) is 3.14. The SMILES string of the molecule is CN=C(NCCCS(=O)(=O)c1ccccc1)NCc1cccc(C)c1.I. The van der Waals surface area contributed by atoms with Crippen LogP contribution >= 0.6 is 24.0 Å². The van der Waals surface area contributed by atoms with E-state index in [4.69, 9.17) is 0 Å². The van der Waals surface area contributed by atoms with E-state index in [0.29, 0.717) is 30.4 Å². The van der Waals surface area contributed by atoms with Gasteiger partial charge in [0.2, 0.25) is 0 Å². The molecule has 142 valence electrons. The molecule has 2 aromatic rings. The number of nitrogens with zero attached hydrogens (tertiary/aromatic N) is 1. The summed E-state index contributed by atoms with van der Waals surface area (Å²) < 4.78 is 24.4. The van der Waals surface area contributed by atoms with Crippen LogP contribution in [0.4, 0.5) is 0 Å². The Kier molecular flexibility index (Phi) is 9.64. The van der Waals surface area contributed by atoms with Gasteiger partial charge in [0.25, 0.3) is 0 Å². The number of hydrogen-bond acceptors (Lipinski definition) is 3. The molecule has 0 saturated heterocycles. The maximum Gasteiger partial charge on any atom is 0.191 e. The molecule has 0 bridgehead atoms. The number of nitrogens with one attached hydrogen (secondary N) is 2. The van der Waals surface area contributed by atoms with Crippen molar-refractivity contribution in [1.29, 1.82) is 0 Å². The Morgan fingerprint density at radius 2 is 1.77 bits per heavy atom. The number of rotatable bonds is 7. The Labute approximate surface area is 173 Å². The molecule has 2 rings (SSSR count). The molecule has 0 aromatic heterocycles. The lowest BCUT2D eigenvalue weighted by molar-refractivity contribution is 0.592. The predicted molar refractivity (Wildman–Crippen MR) is 118 cm³/mol. The summed E-state index contributed by atoms with van der Waals surface area (Å²) in [6, 6.07) is 16.8. The number of benzene rings is 2. The van der Waals surface area contributed by atoms with E-state index in [1.807, 2.05) is 12.1 Å². The van der Waals surface area contributed by atoms with Crippen LogP contribution in [-0.4, -0.2) is 33.7 Å². The van der Waals surface area contributed by atoms with Crippen LogP contribution in [0, 0.1) is 6.92 Å². The van der Waals surface area contributed by atoms with Gasteiger partial charge >= 0.3 is 0 Å². The number of aliphatic imine (C=N–C) groups is 1. The van der Waals surface area contributed by atoms with Crippen LogP contribution < -0.4 is 10.6 Å². The zero-order valence-electron chi connectivity index (χ0n) is 15.1. The van der Waals surface area contributed by atoms with E-state index >= 15 is 0 Å². The third-order valence-electron chi connectivity index (χ3n) is 3.75. The first-order valence-corrected chi connectivity index (χ1v) is 9.94. The van der Waals surface area contributed by atoms with Crippen molar-refractivity contribution in [3.05, 3.63) is 65.7 Å². The van der Waals surface area contributed by atoms with E-state index in [1.165, 1.54) is 11.1 Å². The summed E-state index contributed by atoms with van der Waals surface area (Å²) in [7, 11) is -1.52. The number of aryl methyl sites for hydroxylation is 1. The molecule has 0 radical (unpaired) electrons. The van der Waals surface area contributed by atoms with Gasteiger partial charge in [0, 0.05) is 20.1 Å². The first-order chi connectivity index (χ1) is 12.0. The Morgan fingerprint density at radius 3 is 2.42 bits per heavy atom. The van der Waals surface area contributed by atoms with Crippen LogP contribution in [0.1, 0.15) is 17.5 Å². The molecule has 0 spiro atoms. The van der Waals surface area contributed by atoms with Crippen LogP contribution in [0.5, 0.6) is 0 Å². The molecule has 0 fully saturated rings. The maximum absolute atomic E-state index is 12.2. The highest BCUT2D eigenvalue weighted by Gasteiger charge is 2.13. The van der Waals surface area contributed by atoms with Gasteiger partial charge in [0.05, 0.1) is 10.6 Å². The van der Waals surface area contributed by atoms with Crippen LogP contribution in [0.3, 0.4) is 0 Å². The van der Waals surface area contributed by atoms with Crippen molar-refractivity contribution in [3.63, 3.8) is 0 Å². The molecule has 0 aliphatic rings. The Hall–Kier alpha value is -1.61. The van der Waals surface area contributed by atoms with Crippen molar-refractivity contribution in [2.45, 2.75) is 24.8 Å². The van der Waals surface area contributed by atoms with Gasteiger partial charge in [0.1, 0.15) is 0 Å². The third kappa shape index (κ3) is 7.33. The molecule has 2 N–H and O–H groups in total. The monoisotopic (exact) mass is 487 g/mol. The van der Waals surface area contributed by atoms with Gasteiger partial charge in [-0.2, -0.15) is 0 Å². The largest absolute Gasteiger partial charge is 0.356 e. The highest BCUT2D eigenvalue weighted by Crippen LogP contribution is 2.10. The summed E-state index contributed by atoms with van der Waals surface area (Å²) in [5, 5.41) is 6.38. The molecule has 0 amide bonds. The molecule has 5 nitrogen and oxygen atoms in total. The molecule has 0 atom stereocenters. The molecule has 2 aromatic carbocycles. The van der Waals surface area contributed by atoms with E-state index in [9.17, 15) is 8.42 Å². The van der Waals surface area contributed by atoms with E-state index in [2.05, 4.69) is 40.7 Å². The smallest absolute Gasteiger partial charge is 0.191 e. The standard InChI is InChI=1S/C19H25N3O2S.HI/c1-16-8-6-9-17(14-16)15-22-19(20-2)21-12-7-13-25(23,24)18-10-4-3-5-11-18;/h3-6,8-11,14H,7,12-13,15H2,1-2H3,(H2,20,21,22);1H. The maximum atomic E-state index is 12.2. The molecule has 0 aliphatic heterocycles. The molecule has 0 aliphatic carbocycles. The van der Waals surface area contributed by atoms with Gasteiger partial charge in [-0.05, 0) is 31.0 Å². The second-order valence-electron chi connectivity index (χ2n) is 5.83. The lowest BCUT2D eigenvalue weighted by atomic mass is 10.1. The molecule has 0 heterocycles. The number of sulfone groups is 1. The first-order valence-electron chi connectivity index (χ1n) is 8.29. The average molecular weight is 487 g/mol. The lowest BCUT2D eigenvalue weighted by Crippen LogP contribution is -2.37. The van der Waals surface area contributed by atoms with Gasteiger partial charge in [-0.25, -0.2) is 8.42 Å². The summed E-state index contributed by atoms with van der Waals surface area (Å²) in [4.78, 5) is 4.53. The first kappa shape index (κ1) is 22.4. The van der Waals surface area contributed by atoms with Crippen molar-refractivity contribution >= 4 is 39.8 Å². The van der Waals surface area contributed by atoms with Crippen molar-refractivity contribution in [2.75, 3.05) is 19.3 Å². The lowest BCUT2D eigenvalue weighted by Gasteiger charge is -2.12. The quantitative estimate of drug-likeness (QED) is 0.273. The Balaban J connectivity index is 0.00000338. The minimum atomic E-state index is -3.23. The number of hydrogen-bond donors (Lipinski definition) is 2. The summed E-state index contributed by atoms with van der Waals surface area (Å²) in [6.45, 7) is 3.27. The highest BCUT2D eigenvalue weighted by molar-refractivity contribution is 14.0. The summed E-state index contributed by atoms with van der Waals surface area (Å²) in [5.41, 5.74) is 2.39. The van der Waals surface area contributed by atoms with E-state index < -0.39 is 9.84 Å². The van der Waals surface area contributed by atoms with E-state index in [-0.39, 0.29) is 29.7 Å². The van der Waals surface area contributed by atoms with Gasteiger partial charge in [-0.15, -0.1) is 24.0 Å². The minimum absolute atomic E-state index is 0. The van der Waals surface area contributed by atoms with Crippen molar-refractivity contribution < 1.29 is 8.42 Å². The van der Waals surface area contributed by atoms with Crippen LogP contribution in [0.15, 0.2) is 64.5 Å². The van der Waals surface area contributed by atoms with Gasteiger partial charge in [-0.1, -0.05) is 48.0 Å². The van der Waals surface area contributed by atoms with E-state index in [0.717, 1.165) is 0 Å². The van der Waals surface area contributed by atoms with Crippen molar-refractivity contribution in [1.82, 2.24) is 10.6 Å². The molecule has 0 unspecified atom stereocenters. The fraction of sp³-hybridized carbons (Fsp3) is 0.316. The Morgan fingerprint density at radius 1 is 1.04 bits per heavy atom. The second-order valence-corrected chi connectivity index (χ2v) is 7.94. The molecule has 26 heavy (non-hydrogen) atoms. The van der Waals surface area contributed by atoms with Gasteiger partial charge < -0.3 is 10.6 Å². The van der Waals surface area contributed by atoms with Gasteiger partial charge in [0.15, 0.2) is 15.8 Å². The van der Waals surface area contributed by atoms with E-state index in [1.54, 1.807) is 31.3 Å². The summed E-state index contributed by atoms with van der Waals surface area (Å²) in [5.74, 6) is 0.775. The summed E-state index contributed by atoms with van der Waals surface area (Å²) in [6.07, 6.45) is 0.516. The second kappa shape index (κ2) is 11.2. The van der Waals surface area contributed by atoms with Crippen molar-refractivity contribution in [2.24, 2.45) is 4.99 Å². The Bertz CT molecular complexity index is 809. The fourth-order valence-electron chi connectivity index (χ4n) is 2.44. The topological polar surface area (TPSA) is 70.6 Å². The normalized spacial score (nSPS) is 11.5. The molecule has 7 heteroatoms. The molecule has 0 saturated carbocycles. The van der Waals surface area contributed by atoms with Gasteiger partial charge in [-0.3, -0.25) is 4.99 Å². The fourth-order valence-corrected chi connectivity index (χ4v) is 3.78. The highest BCUT2D eigenvalue weighted by atomic mass is 127. The third-order valence-corrected chi connectivity index (χ3v) is 5.57. The average Bonchev–Trinajstić information content (AvgIpc) is 2.62.